The molecule has 4 nitrogen and oxygen atoms in total. The Morgan fingerprint density at radius 3 is 2.62 bits per heavy atom. The van der Waals surface area contributed by atoms with E-state index in [9.17, 15) is 0 Å². The van der Waals surface area contributed by atoms with Crippen molar-refractivity contribution in [1.82, 2.24) is 9.88 Å². The Hall–Kier alpha value is -1.95. The molecule has 1 aromatic heterocycles. The second kappa shape index (κ2) is 8.16. The molecule has 0 saturated heterocycles. The van der Waals surface area contributed by atoms with E-state index in [1.165, 1.54) is 18.4 Å². The third-order valence-electron chi connectivity index (χ3n) is 4.80. The molecule has 1 heterocycles. The van der Waals surface area contributed by atoms with E-state index < -0.39 is 0 Å². The first-order chi connectivity index (χ1) is 12.8. The van der Waals surface area contributed by atoms with Crippen molar-refractivity contribution in [2.45, 2.75) is 31.7 Å². The smallest absolute Gasteiger partial charge is 0.279 e. The molecule has 26 heavy (non-hydrogen) atoms. The Morgan fingerprint density at radius 1 is 1.08 bits per heavy atom. The van der Waals surface area contributed by atoms with E-state index in [4.69, 9.17) is 10.5 Å². The zero-order valence-electron chi connectivity index (χ0n) is 14.9. The predicted molar refractivity (Wildman–Crippen MR) is 108 cm³/mol. The van der Waals surface area contributed by atoms with Crippen LogP contribution in [0.3, 0.4) is 0 Å². The summed E-state index contributed by atoms with van der Waals surface area (Å²) in [7, 11) is 0. The summed E-state index contributed by atoms with van der Waals surface area (Å²) in [5.74, 6) is 0.843. The Labute approximate surface area is 158 Å². The molecule has 1 saturated carbocycles. The number of nitrogens with two attached hydrogens (primary N) is 1. The quantitative estimate of drug-likeness (QED) is 0.607. The van der Waals surface area contributed by atoms with Crippen LogP contribution in [0.1, 0.15) is 24.8 Å². The van der Waals surface area contributed by atoms with Crippen molar-refractivity contribution in [2.24, 2.45) is 5.73 Å². The van der Waals surface area contributed by atoms with Crippen LogP contribution in [0.2, 0.25) is 0 Å². The van der Waals surface area contributed by atoms with E-state index in [2.05, 4.69) is 28.1 Å². The molecule has 136 valence electrons. The molecule has 1 aliphatic carbocycles. The first kappa shape index (κ1) is 17.5. The average Bonchev–Trinajstić information content (AvgIpc) is 3.42. The molecule has 0 spiro atoms. The number of thiazole rings is 1. The fourth-order valence-electron chi connectivity index (χ4n) is 3.20. The first-order valence-electron chi connectivity index (χ1n) is 9.38. The van der Waals surface area contributed by atoms with Gasteiger partial charge in [0.05, 0.1) is 10.2 Å². The molecular formula is C21H25N3OS. The van der Waals surface area contributed by atoms with Gasteiger partial charge in [-0.15, -0.1) is 0 Å². The highest BCUT2D eigenvalue weighted by Gasteiger charge is 2.27. The van der Waals surface area contributed by atoms with Gasteiger partial charge in [0.2, 0.25) is 0 Å². The largest absolute Gasteiger partial charge is 0.431 e. The Morgan fingerprint density at radius 2 is 1.88 bits per heavy atom. The topological polar surface area (TPSA) is 51.4 Å². The van der Waals surface area contributed by atoms with E-state index in [0.717, 1.165) is 54.5 Å². The molecule has 0 amide bonds. The summed E-state index contributed by atoms with van der Waals surface area (Å²) in [5.41, 5.74) is 8.00. The van der Waals surface area contributed by atoms with E-state index in [0.29, 0.717) is 5.19 Å². The van der Waals surface area contributed by atoms with Crippen LogP contribution in [0, 0.1) is 0 Å². The molecule has 1 aliphatic rings. The number of ether oxygens (including phenoxy) is 1. The lowest BCUT2D eigenvalue weighted by Gasteiger charge is -2.21. The Balaban J connectivity index is 1.34. The van der Waals surface area contributed by atoms with Gasteiger partial charge in [-0.2, -0.15) is 0 Å². The molecule has 0 radical (unpaired) electrons. The number of aromatic nitrogens is 1. The van der Waals surface area contributed by atoms with Gasteiger partial charge in [0, 0.05) is 12.6 Å². The van der Waals surface area contributed by atoms with Crippen LogP contribution < -0.4 is 10.5 Å². The average molecular weight is 368 g/mol. The summed E-state index contributed by atoms with van der Waals surface area (Å²) < 4.78 is 7.08. The molecule has 1 fully saturated rings. The minimum Gasteiger partial charge on any atom is -0.431 e. The maximum Gasteiger partial charge on any atom is 0.279 e. The second-order valence-electron chi connectivity index (χ2n) is 6.85. The van der Waals surface area contributed by atoms with E-state index >= 15 is 0 Å². The highest BCUT2D eigenvalue weighted by molar-refractivity contribution is 7.20. The number of nitrogens with zero attached hydrogens (tertiary/aromatic N) is 2. The first-order valence-corrected chi connectivity index (χ1v) is 10.2. The second-order valence-corrected chi connectivity index (χ2v) is 7.85. The molecule has 4 rings (SSSR count). The van der Waals surface area contributed by atoms with Gasteiger partial charge in [-0.05, 0) is 68.6 Å². The van der Waals surface area contributed by atoms with Crippen LogP contribution in [-0.2, 0) is 6.42 Å². The summed E-state index contributed by atoms with van der Waals surface area (Å²) >= 11 is 1.58. The predicted octanol–water partition coefficient (Wildman–Crippen LogP) is 4.44. The maximum atomic E-state index is 5.93. The van der Waals surface area contributed by atoms with Crippen LogP contribution in [-0.4, -0.2) is 35.6 Å². The van der Waals surface area contributed by atoms with Crippen molar-refractivity contribution in [2.75, 3.05) is 19.6 Å². The molecule has 0 aliphatic heterocycles. The van der Waals surface area contributed by atoms with Crippen LogP contribution in [0.5, 0.6) is 10.9 Å². The summed E-state index contributed by atoms with van der Waals surface area (Å²) in [4.78, 5) is 7.12. The van der Waals surface area contributed by atoms with Gasteiger partial charge in [-0.25, -0.2) is 4.98 Å². The van der Waals surface area contributed by atoms with Gasteiger partial charge in [-0.1, -0.05) is 35.6 Å². The fraction of sp³-hybridized carbons (Fsp3) is 0.381. The summed E-state index contributed by atoms with van der Waals surface area (Å²) in [6, 6.07) is 17.3. The third kappa shape index (κ3) is 4.41. The normalized spacial score (nSPS) is 14.2. The Bertz CT molecular complexity index is 809. The van der Waals surface area contributed by atoms with Crippen molar-refractivity contribution in [1.29, 1.82) is 0 Å². The van der Waals surface area contributed by atoms with Gasteiger partial charge in [0.15, 0.2) is 0 Å². The lowest BCUT2D eigenvalue weighted by molar-refractivity contribution is 0.265. The number of benzene rings is 2. The SMILES string of the molecule is NCCCN(CCc1ccc(Oc2nc3ccccc3s2)cc1)C1CC1. The molecular weight excluding hydrogens is 342 g/mol. The summed E-state index contributed by atoms with van der Waals surface area (Å²) in [5, 5.41) is 0.695. The minimum atomic E-state index is 0.695. The lowest BCUT2D eigenvalue weighted by atomic mass is 10.1. The number of para-hydroxylation sites is 1. The zero-order valence-corrected chi connectivity index (χ0v) is 15.8. The van der Waals surface area contributed by atoms with Crippen LogP contribution in [0.15, 0.2) is 48.5 Å². The fourth-order valence-corrected chi connectivity index (χ4v) is 4.04. The van der Waals surface area contributed by atoms with Crippen molar-refractivity contribution >= 4 is 21.6 Å². The molecule has 0 bridgehead atoms. The molecule has 0 unspecified atom stereocenters. The van der Waals surface area contributed by atoms with Gasteiger partial charge in [0.25, 0.3) is 5.19 Å². The Kier molecular flexibility index (Phi) is 5.48. The molecule has 0 atom stereocenters. The maximum absolute atomic E-state index is 5.93. The summed E-state index contributed by atoms with van der Waals surface area (Å²) in [6.07, 6.45) is 4.85. The minimum absolute atomic E-state index is 0.695. The van der Waals surface area contributed by atoms with Gasteiger partial charge in [-0.3, -0.25) is 0 Å². The monoisotopic (exact) mass is 367 g/mol. The molecule has 3 aromatic rings. The number of rotatable bonds is 9. The van der Waals surface area contributed by atoms with Gasteiger partial charge >= 0.3 is 0 Å². The van der Waals surface area contributed by atoms with E-state index in [-0.39, 0.29) is 0 Å². The zero-order chi connectivity index (χ0) is 17.8. The number of fused-ring (bicyclic) bond motifs is 1. The van der Waals surface area contributed by atoms with Crippen LogP contribution in [0.4, 0.5) is 0 Å². The molecule has 5 heteroatoms. The highest BCUT2D eigenvalue weighted by Crippen LogP contribution is 2.31. The van der Waals surface area contributed by atoms with Crippen LogP contribution in [0.25, 0.3) is 10.2 Å². The molecule has 2 N–H and O–H groups in total. The standard InChI is InChI=1S/C21H25N3OS/c22-13-3-14-24(17-8-9-17)15-12-16-6-10-18(11-7-16)25-21-23-19-4-1-2-5-20(19)26-21/h1-2,4-7,10-11,17H,3,8-9,12-15,22H2. The van der Waals surface area contributed by atoms with Crippen molar-refractivity contribution in [3.8, 4) is 10.9 Å². The number of hydrogen-bond donors (Lipinski definition) is 1. The van der Waals surface area contributed by atoms with Gasteiger partial charge in [0.1, 0.15) is 5.75 Å². The van der Waals surface area contributed by atoms with Crippen molar-refractivity contribution in [3.05, 3.63) is 54.1 Å². The van der Waals surface area contributed by atoms with E-state index in [1.807, 2.05) is 30.3 Å². The van der Waals surface area contributed by atoms with Gasteiger partial charge < -0.3 is 15.4 Å². The van der Waals surface area contributed by atoms with Crippen molar-refractivity contribution in [3.63, 3.8) is 0 Å². The van der Waals surface area contributed by atoms with Crippen molar-refractivity contribution < 1.29 is 4.74 Å². The third-order valence-corrected chi connectivity index (χ3v) is 5.72. The van der Waals surface area contributed by atoms with E-state index in [1.54, 1.807) is 11.3 Å². The molecule has 2 aromatic carbocycles. The highest BCUT2D eigenvalue weighted by atomic mass is 32.1. The lowest BCUT2D eigenvalue weighted by Crippen LogP contribution is -2.30. The van der Waals surface area contributed by atoms with Crippen LogP contribution >= 0.6 is 11.3 Å². The summed E-state index contributed by atoms with van der Waals surface area (Å²) in [6.45, 7) is 3.02. The number of hydrogen-bond acceptors (Lipinski definition) is 5.